The molecule has 0 aromatic heterocycles. The summed E-state index contributed by atoms with van der Waals surface area (Å²) >= 11 is 0. The van der Waals surface area contributed by atoms with E-state index in [-0.39, 0.29) is 18.3 Å². The number of rotatable bonds is 5. The van der Waals surface area contributed by atoms with Crippen molar-refractivity contribution < 1.29 is 15.0 Å². The molecule has 0 spiro atoms. The molecule has 2 aliphatic carbocycles. The first-order valence-electron chi connectivity index (χ1n) is 14.5. The highest BCUT2D eigenvalue weighted by molar-refractivity contribution is 6.16. The Balaban J connectivity index is 1.60. The fourth-order valence-electron chi connectivity index (χ4n) is 7.20. The van der Waals surface area contributed by atoms with Crippen molar-refractivity contribution in [1.29, 1.82) is 0 Å². The van der Waals surface area contributed by atoms with Crippen molar-refractivity contribution in [2.75, 3.05) is 0 Å². The molecule has 4 aliphatic heterocycles. The van der Waals surface area contributed by atoms with Crippen molar-refractivity contribution in [3.8, 4) is 0 Å². The maximum atomic E-state index is 11.6. The van der Waals surface area contributed by atoms with Gasteiger partial charge in [-0.05, 0) is 109 Å². The van der Waals surface area contributed by atoms with Gasteiger partial charge in [-0.15, -0.1) is 0 Å². The Morgan fingerprint density at radius 3 is 2.12 bits per heavy atom. The van der Waals surface area contributed by atoms with Gasteiger partial charge in [-0.25, -0.2) is 9.98 Å². The van der Waals surface area contributed by atoms with Crippen LogP contribution in [0, 0.1) is 11.8 Å². The summed E-state index contributed by atoms with van der Waals surface area (Å²) in [6, 6.07) is 0. The summed E-state index contributed by atoms with van der Waals surface area (Å²) in [6.45, 7) is 12.9. The van der Waals surface area contributed by atoms with Crippen LogP contribution in [-0.4, -0.2) is 33.3 Å². The minimum atomic E-state index is -0.798. The quantitative estimate of drug-likeness (QED) is 0.376. The highest BCUT2D eigenvalue weighted by atomic mass is 16.4. The molecule has 0 unspecified atom stereocenters. The normalized spacial score (nSPS) is 25.6. The lowest BCUT2D eigenvalue weighted by Gasteiger charge is -2.19. The molecule has 6 heteroatoms. The first-order valence-corrected chi connectivity index (χ1v) is 14.5. The summed E-state index contributed by atoms with van der Waals surface area (Å²) in [4.78, 5) is 27.0. The van der Waals surface area contributed by atoms with Gasteiger partial charge in [0.1, 0.15) is 5.76 Å². The highest BCUT2D eigenvalue weighted by Crippen LogP contribution is 2.50. The number of aliphatic hydroxyl groups is 1. The molecule has 6 nitrogen and oxygen atoms in total. The standard InChI is InChI=1S/C34H37N3O3/c1-7-21-17(4)27-15-30-22(8-2)18(5)26(36-30)14-28-19(6)23(9-10-32(39)40)34(37-28)25-13-31(38)33-16(3)20(11-24(25)33)12-29(21)35-27/h12,14-15,19,23,38H,7-11,13H2,1-6H3,(H,39,40)/t19-,23-/m0/s1. The topological polar surface area (TPSA) is 94.6 Å². The fourth-order valence-corrected chi connectivity index (χ4v) is 7.20. The Labute approximate surface area is 236 Å². The fraction of sp³-hybridized carbons (Fsp3) is 0.412. The van der Waals surface area contributed by atoms with E-state index in [4.69, 9.17) is 15.0 Å². The van der Waals surface area contributed by atoms with Gasteiger partial charge in [0.2, 0.25) is 0 Å². The van der Waals surface area contributed by atoms with Gasteiger partial charge in [0.05, 0.1) is 22.8 Å². The van der Waals surface area contributed by atoms with Crippen LogP contribution in [-0.2, 0) is 4.79 Å². The van der Waals surface area contributed by atoms with Gasteiger partial charge >= 0.3 is 5.97 Å². The molecule has 0 saturated carbocycles. The Hall–Kier alpha value is -3.80. The number of aliphatic hydroxyl groups excluding tert-OH is 1. The van der Waals surface area contributed by atoms with Crippen molar-refractivity contribution in [1.82, 2.24) is 0 Å². The van der Waals surface area contributed by atoms with E-state index in [1.807, 2.05) is 0 Å². The molecule has 0 aromatic rings. The number of carbonyl (C=O) groups is 1. The third-order valence-electron chi connectivity index (χ3n) is 9.52. The summed E-state index contributed by atoms with van der Waals surface area (Å²) in [6.07, 6.45) is 9.96. The first-order chi connectivity index (χ1) is 19.1. The number of allylic oxidation sites excluding steroid dienone is 13. The van der Waals surface area contributed by atoms with Crippen molar-refractivity contribution in [3.63, 3.8) is 0 Å². The van der Waals surface area contributed by atoms with E-state index in [0.29, 0.717) is 18.6 Å². The van der Waals surface area contributed by atoms with Crippen LogP contribution in [0.15, 0.2) is 106 Å². The smallest absolute Gasteiger partial charge is 0.303 e. The van der Waals surface area contributed by atoms with Crippen LogP contribution >= 0.6 is 0 Å². The number of carboxylic acids is 1. The minimum absolute atomic E-state index is 0.0267. The molecule has 40 heavy (non-hydrogen) atoms. The summed E-state index contributed by atoms with van der Waals surface area (Å²) < 4.78 is 0. The number of aliphatic imine (C=N–C) groups is 3. The number of aliphatic carboxylic acids is 1. The number of carboxylic acid groups (broad SMARTS) is 1. The molecule has 206 valence electrons. The lowest BCUT2D eigenvalue weighted by molar-refractivity contribution is -0.137. The predicted molar refractivity (Wildman–Crippen MR) is 161 cm³/mol. The molecule has 0 amide bonds. The minimum Gasteiger partial charge on any atom is -0.511 e. The van der Waals surface area contributed by atoms with E-state index in [1.165, 1.54) is 22.3 Å². The highest BCUT2D eigenvalue weighted by Gasteiger charge is 2.41. The number of hydrogen-bond acceptors (Lipinski definition) is 5. The zero-order valence-corrected chi connectivity index (χ0v) is 24.3. The summed E-state index contributed by atoms with van der Waals surface area (Å²) in [5.41, 5.74) is 15.9. The lowest BCUT2D eigenvalue weighted by Crippen LogP contribution is -2.20. The molecule has 0 aromatic carbocycles. The van der Waals surface area contributed by atoms with Crippen molar-refractivity contribution >= 4 is 23.1 Å². The van der Waals surface area contributed by atoms with Crippen LogP contribution in [0.25, 0.3) is 0 Å². The third kappa shape index (κ3) is 3.99. The van der Waals surface area contributed by atoms with Crippen molar-refractivity contribution in [2.24, 2.45) is 26.8 Å². The van der Waals surface area contributed by atoms with Gasteiger partial charge in [0, 0.05) is 41.7 Å². The van der Waals surface area contributed by atoms with Gasteiger partial charge < -0.3 is 10.2 Å². The Kier molecular flexibility index (Phi) is 6.40. The second kappa shape index (κ2) is 9.69. The molecule has 0 saturated heterocycles. The average Bonchev–Trinajstić information content (AvgIpc) is 3.65. The van der Waals surface area contributed by atoms with Gasteiger partial charge in [-0.2, -0.15) is 0 Å². The molecule has 0 fully saturated rings. The van der Waals surface area contributed by atoms with E-state index >= 15 is 0 Å². The predicted octanol–water partition coefficient (Wildman–Crippen LogP) is 7.82. The Morgan fingerprint density at radius 2 is 1.50 bits per heavy atom. The molecular weight excluding hydrogens is 498 g/mol. The van der Waals surface area contributed by atoms with Crippen LogP contribution in [0.3, 0.4) is 0 Å². The molecular formula is C34H37N3O3. The molecule has 6 aliphatic rings. The molecule has 6 rings (SSSR count). The molecule has 4 heterocycles. The monoisotopic (exact) mass is 535 g/mol. The summed E-state index contributed by atoms with van der Waals surface area (Å²) in [5.74, 6) is -0.388. The van der Waals surface area contributed by atoms with Crippen LogP contribution in [0.4, 0.5) is 0 Å². The van der Waals surface area contributed by atoms with Crippen molar-refractivity contribution in [3.05, 3.63) is 91.2 Å². The van der Waals surface area contributed by atoms with Crippen LogP contribution in [0.5, 0.6) is 0 Å². The molecule has 2 N–H and O–H groups in total. The van der Waals surface area contributed by atoms with E-state index in [9.17, 15) is 15.0 Å². The van der Waals surface area contributed by atoms with Crippen molar-refractivity contribution in [2.45, 2.75) is 80.1 Å². The van der Waals surface area contributed by atoms with Gasteiger partial charge in [-0.1, -0.05) is 20.8 Å². The number of fused-ring (bicyclic) bond motifs is 5. The first kappa shape index (κ1) is 26.4. The van der Waals surface area contributed by atoms with Crippen LogP contribution in [0.2, 0.25) is 0 Å². The van der Waals surface area contributed by atoms with Crippen LogP contribution < -0.4 is 0 Å². The Bertz CT molecular complexity index is 1620. The molecule has 0 radical (unpaired) electrons. The number of nitrogens with zero attached hydrogens (tertiary/aromatic N) is 3. The van der Waals surface area contributed by atoms with Gasteiger partial charge in [-0.3, -0.25) is 9.79 Å². The van der Waals surface area contributed by atoms with E-state index in [1.54, 1.807) is 0 Å². The maximum absolute atomic E-state index is 11.6. The average molecular weight is 536 g/mol. The third-order valence-corrected chi connectivity index (χ3v) is 9.52. The zero-order valence-electron chi connectivity index (χ0n) is 24.3. The van der Waals surface area contributed by atoms with Gasteiger partial charge in [0.25, 0.3) is 0 Å². The number of hydrogen-bond donors (Lipinski definition) is 2. The van der Waals surface area contributed by atoms with E-state index in [0.717, 1.165) is 81.4 Å². The Morgan fingerprint density at radius 1 is 0.875 bits per heavy atom. The molecule has 2 atom stereocenters. The second-order valence-electron chi connectivity index (χ2n) is 11.6. The zero-order chi connectivity index (χ0) is 28.5. The molecule has 8 bridgehead atoms. The van der Waals surface area contributed by atoms with Gasteiger partial charge in [0.15, 0.2) is 0 Å². The largest absolute Gasteiger partial charge is 0.511 e. The SMILES string of the molecule is CCC1=C(C)C2=NC1=CC1=C(C)C3=C(O)CC(=C3C1)C1=NC(=CC3=NC(=C2)C(CC)=C3C)[C@@H](C)[C@@H]1CCC(=O)O. The van der Waals surface area contributed by atoms with E-state index in [2.05, 4.69) is 59.8 Å². The second-order valence-corrected chi connectivity index (χ2v) is 11.6. The van der Waals surface area contributed by atoms with E-state index < -0.39 is 5.97 Å². The maximum Gasteiger partial charge on any atom is 0.303 e. The lowest BCUT2D eigenvalue weighted by atomic mass is 9.82. The summed E-state index contributed by atoms with van der Waals surface area (Å²) in [7, 11) is 0. The summed E-state index contributed by atoms with van der Waals surface area (Å²) in [5, 5.41) is 20.7. The van der Waals surface area contributed by atoms with Crippen LogP contribution in [0.1, 0.15) is 80.1 Å².